The number of rotatable bonds is 5. The lowest BCUT2D eigenvalue weighted by molar-refractivity contribution is 0.0851. The summed E-state index contributed by atoms with van der Waals surface area (Å²) in [5.74, 6) is -0.392. The molecule has 0 aliphatic carbocycles. The zero-order valence-corrected chi connectivity index (χ0v) is 16.1. The maximum atomic E-state index is 13.2. The van der Waals surface area contributed by atoms with E-state index >= 15 is 0 Å². The molecule has 134 valence electrons. The molecule has 0 radical (unpaired) electrons. The maximum absolute atomic E-state index is 13.2. The molecule has 2 heterocycles. The number of aromatic nitrogens is 1. The molecule has 1 N–H and O–H groups in total. The number of sulfonamides is 1. The fourth-order valence-corrected chi connectivity index (χ4v) is 4.91. The van der Waals surface area contributed by atoms with E-state index in [1.807, 2.05) is 0 Å². The minimum Gasteiger partial charge on any atom is -0.376 e. The molecule has 9 heteroatoms. The van der Waals surface area contributed by atoms with Gasteiger partial charge in [-0.1, -0.05) is 23.7 Å². The van der Waals surface area contributed by atoms with Crippen molar-refractivity contribution in [3.8, 4) is 0 Å². The third-order valence-electron chi connectivity index (χ3n) is 3.91. The smallest absolute Gasteiger partial charge is 0.244 e. The predicted molar refractivity (Wildman–Crippen MR) is 95.4 cm³/mol. The average molecular weight is 450 g/mol. The summed E-state index contributed by atoms with van der Waals surface area (Å²) in [6.45, 7) is 0.559. The van der Waals surface area contributed by atoms with Gasteiger partial charge in [0.2, 0.25) is 10.0 Å². The quantitative estimate of drug-likeness (QED) is 0.704. The number of halogens is 3. The lowest BCUT2D eigenvalue weighted by Gasteiger charge is -2.24. The molecule has 0 bridgehead atoms. The van der Waals surface area contributed by atoms with Crippen LogP contribution in [0.3, 0.4) is 0 Å². The molecule has 1 aromatic heterocycles. The highest BCUT2D eigenvalue weighted by atomic mass is 79.9. The van der Waals surface area contributed by atoms with Crippen molar-refractivity contribution in [2.75, 3.05) is 6.61 Å². The number of nitrogens with one attached hydrogen (secondary N) is 1. The molecular weight excluding hydrogens is 435 g/mol. The molecular formula is C16H15BrClFN2O3S. The highest BCUT2D eigenvalue weighted by Gasteiger charge is 2.32. The second kappa shape index (κ2) is 7.67. The van der Waals surface area contributed by atoms with Crippen molar-refractivity contribution in [2.45, 2.75) is 29.9 Å². The average Bonchev–Trinajstić information content (AvgIpc) is 3.10. The summed E-state index contributed by atoms with van der Waals surface area (Å²) in [4.78, 5) is 3.72. The molecule has 0 saturated carbocycles. The zero-order valence-electron chi connectivity index (χ0n) is 13.0. The van der Waals surface area contributed by atoms with E-state index in [1.54, 1.807) is 12.1 Å². The fraction of sp³-hybridized carbons (Fsp3) is 0.312. The van der Waals surface area contributed by atoms with Gasteiger partial charge in [-0.05, 0) is 52.5 Å². The first kappa shape index (κ1) is 18.7. The van der Waals surface area contributed by atoms with Crippen LogP contribution in [-0.4, -0.2) is 26.1 Å². The van der Waals surface area contributed by atoms with E-state index in [4.69, 9.17) is 16.3 Å². The molecule has 2 atom stereocenters. The van der Waals surface area contributed by atoms with Gasteiger partial charge >= 0.3 is 0 Å². The van der Waals surface area contributed by atoms with Crippen molar-refractivity contribution >= 4 is 37.6 Å². The van der Waals surface area contributed by atoms with Crippen molar-refractivity contribution in [3.63, 3.8) is 0 Å². The number of hydrogen-bond acceptors (Lipinski definition) is 4. The van der Waals surface area contributed by atoms with Gasteiger partial charge in [-0.25, -0.2) is 22.5 Å². The Morgan fingerprint density at radius 2 is 2.08 bits per heavy atom. The van der Waals surface area contributed by atoms with Crippen LogP contribution in [0.25, 0.3) is 0 Å². The highest BCUT2D eigenvalue weighted by Crippen LogP contribution is 2.30. The van der Waals surface area contributed by atoms with E-state index in [9.17, 15) is 12.8 Å². The van der Waals surface area contributed by atoms with E-state index < -0.39 is 21.9 Å². The summed E-state index contributed by atoms with van der Waals surface area (Å²) < 4.78 is 47.7. The van der Waals surface area contributed by atoms with Crippen LogP contribution in [0.1, 0.15) is 24.4 Å². The van der Waals surface area contributed by atoms with E-state index in [0.29, 0.717) is 23.1 Å². The van der Waals surface area contributed by atoms with Crippen LogP contribution in [0.15, 0.2) is 45.9 Å². The first-order chi connectivity index (χ1) is 11.9. The summed E-state index contributed by atoms with van der Waals surface area (Å²) in [6.07, 6.45) is 2.62. The van der Waals surface area contributed by atoms with Crippen LogP contribution in [0.4, 0.5) is 4.39 Å². The van der Waals surface area contributed by atoms with Gasteiger partial charge in [0.05, 0.1) is 12.1 Å². The summed E-state index contributed by atoms with van der Waals surface area (Å²) >= 11 is 9.15. The molecule has 25 heavy (non-hydrogen) atoms. The number of benzene rings is 1. The molecule has 0 amide bonds. The van der Waals surface area contributed by atoms with Gasteiger partial charge in [-0.2, -0.15) is 0 Å². The van der Waals surface area contributed by atoms with Gasteiger partial charge in [0, 0.05) is 17.3 Å². The topological polar surface area (TPSA) is 68.3 Å². The van der Waals surface area contributed by atoms with Crippen molar-refractivity contribution < 1.29 is 17.5 Å². The minimum atomic E-state index is -3.96. The Labute approximate surface area is 158 Å². The van der Waals surface area contributed by atoms with E-state index in [0.717, 1.165) is 6.42 Å². The van der Waals surface area contributed by atoms with Crippen LogP contribution in [0.2, 0.25) is 5.15 Å². The van der Waals surface area contributed by atoms with Crippen LogP contribution in [0.5, 0.6) is 0 Å². The molecule has 1 aliphatic heterocycles. The SMILES string of the molecule is O=S(=O)(NC(c1ccc(F)cc1)C1CCCO1)c1cc(Br)cnc1Cl. The molecule has 1 aliphatic rings. The zero-order chi connectivity index (χ0) is 18.0. The molecule has 1 fully saturated rings. The minimum absolute atomic E-state index is 0.124. The Morgan fingerprint density at radius 1 is 1.36 bits per heavy atom. The normalized spacial score (nSPS) is 19.1. The standard InChI is InChI=1S/C16H15BrClFN2O3S/c17-11-8-14(16(18)20-9-11)25(22,23)21-15(13-2-1-7-24-13)10-3-5-12(19)6-4-10/h3-6,8-9,13,15,21H,1-2,7H2. The Morgan fingerprint density at radius 3 is 2.72 bits per heavy atom. The second-order valence-electron chi connectivity index (χ2n) is 5.64. The van der Waals surface area contributed by atoms with Crippen LogP contribution in [0, 0.1) is 5.82 Å². The fourth-order valence-electron chi connectivity index (χ4n) is 2.72. The third-order valence-corrected chi connectivity index (χ3v) is 6.21. The second-order valence-corrected chi connectivity index (χ2v) is 8.60. The first-order valence-corrected chi connectivity index (χ1v) is 10.2. The Balaban J connectivity index is 1.96. The number of nitrogens with zero attached hydrogens (tertiary/aromatic N) is 1. The third kappa shape index (κ3) is 4.38. The number of hydrogen-bond donors (Lipinski definition) is 1. The lowest BCUT2D eigenvalue weighted by atomic mass is 10.0. The van der Waals surface area contributed by atoms with Gasteiger partial charge in [0.1, 0.15) is 15.9 Å². The number of ether oxygens (including phenoxy) is 1. The Bertz CT molecular complexity index is 858. The van der Waals surface area contributed by atoms with Crippen molar-refractivity contribution in [2.24, 2.45) is 0 Å². The van der Waals surface area contributed by atoms with E-state index in [-0.39, 0.29) is 16.2 Å². The van der Waals surface area contributed by atoms with Crippen molar-refractivity contribution in [1.29, 1.82) is 0 Å². The molecule has 1 aromatic carbocycles. The lowest BCUT2D eigenvalue weighted by Crippen LogP contribution is -2.36. The van der Waals surface area contributed by atoms with Gasteiger partial charge in [-0.3, -0.25) is 0 Å². The van der Waals surface area contributed by atoms with Crippen molar-refractivity contribution in [1.82, 2.24) is 9.71 Å². The molecule has 2 unspecified atom stereocenters. The van der Waals surface area contributed by atoms with Crippen LogP contribution in [-0.2, 0) is 14.8 Å². The van der Waals surface area contributed by atoms with Gasteiger partial charge in [0.15, 0.2) is 0 Å². The summed E-state index contributed by atoms with van der Waals surface area (Å²) in [5.41, 5.74) is 0.621. The van der Waals surface area contributed by atoms with E-state index in [1.165, 1.54) is 24.4 Å². The highest BCUT2D eigenvalue weighted by molar-refractivity contribution is 9.10. The Kier molecular flexibility index (Phi) is 5.75. The molecule has 3 rings (SSSR count). The molecule has 2 aromatic rings. The molecule has 0 spiro atoms. The maximum Gasteiger partial charge on any atom is 0.244 e. The first-order valence-electron chi connectivity index (χ1n) is 7.57. The van der Waals surface area contributed by atoms with Gasteiger partial charge < -0.3 is 4.74 Å². The van der Waals surface area contributed by atoms with Gasteiger partial charge in [0.25, 0.3) is 0 Å². The molecule has 1 saturated heterocycles. The molecule has 5 nitrogen and oxygen atoms in total. The predicted octanol–water partition coefficient (Wildman–Crippen LogP) is 3.84. The van der Waals surface area contributed by atoms with Crippen LogP contribution >= 0.6 is 27.5 Å². The number of pyridine rings is 1. The monoisotopic (exact) mass is 448 g/mol. The Hall–Kier alpha value is -1.06. The summed E-state index contributed by atoms with van der Waals surface area (Å²) in [6, 6.07) is 6.41. The van der Waals surface area contributed by atoms with E-state index in [2.05, 4.69) is 25.6 Å². The van der Waals surface area contributed by atoms with Crippen molar-refractivity contribution in [3.05, 3.63) is 57.5 Å². The largest absolute Gasteiger partial charge is 0.376 e. The summed E-state index contributed by atoms with van der Waals surface area (Å²) in [5, 5.41) is -0.124. The van der Waals surface area contributed by atoms with Crippen LogP contribution < -0.4 is 4.72 Å². The summed E-state index contributed by atoms with van der Waals surface area (Å²) in [7, 11) is -3.96. The van der Waals surface area contributed by atoms with Gasteiger partial charge in [-0.15, -0.1) is 0 Å².